The molecule has 2 nitrogen and oxygen atoms in total. The number of carbonyl (C=O) groups is 1. The third-order valence-corrected chi connectivity index (χ3v) is 4.06. The number of halogens is 2. The van der Waals surface area contributed by atoms with Crippen molar-refractivity contribution in [2.45, 2.75) is 16.2 Å². The van der Waals surface area contributed by atoms with Gasteiger partial charge in [0.1, 0.15) is 17.4 Å². The molecule has 2 aromatic rings. The molecule has 0 radical (unpaired) electrons. The first-order valence-electron chi connectivity index (χ1n) is 6.07. The van der Waals surface area contributed by atoms with Crippen LogP contribution in [0, 0.1) is 11.6 Å². The van der Waals surface area contributed by atoms with Gasteiger partial charge in [0.05, 0.1) is 17.1 Å². The van der Waals surface area contributed by atoms with Crippen molar-refractivity contribution >= 4 is 17.5 Å². The summed E-state index contributed by atoms with van der Waals surface area (Å²) in [5.74, 6) is -0.711. The van der Waals surface area contributed by atoms with E-state index >= 15 is 0 Å². The predicted molar refractivity (Wildman–Crippen MR) is 71.4 cm³/mol. The lowest BCUT2D eigenvalue weighted by Crippen LogP contribution is -2.15. The Morgan fingerprint density at radius 1 is 1.10 bits per heavy atom. The van der Waals surface area contributed by atoms with Gasteiger partial charge < -0.3 is 4.74 Å². The lowest BCUT2D eigenvalue weighted by Gasteiger charge is -2.17. The molecule has 1 heterocycles. The first kappa shape index (κ1) is 13.1. The zero-order valence-corrected chi connectivity index (χ0v) is 11.2. The molecule has 0 amide bonds. The molecular formula is C15H10F2O2S. The van der Waals surface area contributed by atoms with E-state index in [1.807, 2.05) is 0 Å². The Morgan fingerprint density at radius 3 is 2.60 bits per heavy atom. The molecule has 0 saturated carbocycles. The van der Waals surface area contributed by atoms with Crippen LogP contribution in [0.2, 0.25) is 0 Å². The van der Waals surface area contributed by atoms with E-state index in [-0.39, 0.29) is 10.7 Å². The molecule has 1 aliphatic heterocycles. The summed E-state index contributed by atoms with van der Waals surface area (Å²) in [6.07, 6.45) is 0.363. The fraction of sp³-hybridized carbons (Fsp3) is 0.133. The number of rotatable bonds is 2. The van der Waals surface area contributed by atoms with Gasteiger partial charge in [-0.1, -0.05) is 17.8 Å². The first-order valence-corrected chi connectivity index (χ1v) is 6.89. The topological polar surface area (TPSA) is 26.3 Å². The van der Waals surface area contributed by atoms with Crippen LogP contribution in [0.4, 0.5) is 8.78 Å². The van der Waals surface area contributed by atoms with Gasteiger partial charge in [0.25, 0.3) is 0 Å². The third-order valence-electron chi connectivity index (χ3n) is 2.98. The highest BCUT2D eigenvalue weighted by Crippen LogP contribution is 2.36. The first-order chi connectivity index (χ1) is 9.65. The molecule has 0 spiro atoms. The molecule has 102 valence electrons. The predicted octanol–water partition coefficient (Wildman–Crippen LogP) is 4.08. The van der Waals surface area contributed by atoms with E-state index in [2.05, 4.69) is 0 Å². The molecule has 0 N–H and O–H groups in total. The van der Waals surface area contributed by atoms with Crippen molar-refractivity contribution in [1.82, 2.24) is 0 Å². The summed E-state index contributed by atoms with van der Waals surface area (Å²) in [6.45, 7) is 0.341. The molecule has 0 bridgehead atoms. The third kappa shape index (κ3) is 2.41. The standard InChI is InChI=1S/C15H10F2O2S/c16-11-2-1-3-12(17)15(11)20-9-4-5-10-13(18)6-7-19-14(10)8-9/h1-5,8H,6-7H2. The van der Waals surface area contributed by atoms with Gasteiger partial charge in [-0.3, -0.25) is 4.79 Å². The number of carbonyl (C=O) groups excluding carboxylic acids is 1. The summed E-state index contributed by atoms with van der Waals surface area (Å²) in [7, 11) is 0. The minimum atomic E-state index is -0.607. The van der Waals surface area contributed by atoms with Gasteiger partial charge in [-0.05, 0) is 30.3 Å². The fourth-order valence-corrected chi connectivity index (χ4v) is 2.87. The number of benzene rings is 2. The number of ether oxygens (including phenoxy) is 1. The zero-order chi connectivity index (χ0) is 14.1. The smallest absolute Gasteiger partial charge is 0.169 e. The molecule has 0 unspecified atom stereocenters. The van der Waals surface area contributed by atoms with Gasteiger partial charge in [-0.25, -0.2) is 8.78 Å². The van der Waals surface area contributed by atoms with Crippen molar-refractivity contribution < 1.29 is 18.3 Å². The SMILES string of the molecule is O=C1CCOc2cc(Sc3c(F)cccc3F)ccc21. The highest BCUT2D eigenvalue weighted by atomic mass is 32.2. The highest BCUT2D eigenvalue weighted by Gasteiger charge is 2.19. The number of Topliss-reactive ketones (excluding diaryl/α,β-unsaturated/α-hetero) is 1. The Balaban J connectivity index is 1.94. The molecule has 0 aromatic heterocycles. The van der Waals surface area contributed by atoms with Gasteiger partial charge in [0, 0.05) is 11.3 Å². The van der Waals surface area contributed by atoms with Crippen LogP contribution in [0.25, 0.3) is 0 Å². The van der Waals surface area contributed by atoms with Crippen LogP contribution in [0.5, 0.6) is 5.75 Å². The van der Waals surface area contributed by atoms with Gasteiger partial charge in [-0.15, -0.1) is 0 Å². The van der Waals surface area contributed by atoms with Crippen molar-refractivity contribution in [1.29, 1.82) is 0 Å². The normalized spacial score (nSPS) is 13.8. The lowest BCUT2D eigenvalue weighted by atomic mass is 10.1. The number of fused-ring (bicyclic) bond motifs is 1. The van der Waals surface area contributed by atoms with Crippen molar-refractivity contribution in [3.63, 3.8) is 0 Å². The summed E-state index contributed by atoms with van der Waals surface area (Å²) >= 11 is 0.974. The molecule has 5 heteroatoms. The maximum Gasteiger partial charge on any atom is 0.169 e. The zero-order valence-electron chi connectivity index (χ0n) is 10.4. The number of hydrogen-bond acceptors (Lipinski definition) is 3. The van der Waals surface area contributed by atoms with Gasteiger partial charge in [0.2, 0.25) is 0 Å². The van der Waals surface area contributed by atoms with Gasteiger partial charge >= 0.3 is 0 Å². The molecule has 0 aliphatic carbocycles. The minimum Gasteiger partial charge on any atom is -0.492 e. The van der Waals surface area contributed by atoms with E-state index in [9.17, 15) is 13.6 Å². The van der Waals surface area contributed by atoms with E-state index < -0.39 is 11.6 Å². The quantitative estimate of drug-likeness (QED) is 0.834. The molecule has 20 heavy (non-hydrogen) atoms. The Kier molecular flexibility index (Phi) is 3.44. The molecular weight excluding hydrogens is 282 g/mol. The molecule has 2 aromatic carbocycles. The fourth-order valence-electron chi connectivity index (χ4n) is 2.00. The Labute approximate surface area is 118 Å². The van der Waals surface area contributed by atoms with Crippen molar-refractivity contribution in [3.05, 3.63) is 53.6 Å². The average molecular weight is 292 g/mol. The summed E-state index contributed by atoms with van der Waals surface area (Å²) in [5.41, 5.74) is 0.523. The summed E-state index contributed by atoms with van der Waals surface area (Å²) < 4.78 is 32.6. The molecule has 0 atom stereocenters. The molecule has 1 aliphatic rings. The van der Waals surface area contributed by atoms with Crippen LogP contribution in [0.1, 0.15) is 16.8 Å². The summed E-state index contributed by atoms with van der Waals surface area (Å²) in [6, 6.07) is 8.69. The van der Waals surface area contributed by atoms with Crippen LogP contribution < -0.4 is 4.74 Å². The number of hydrogen-bond donors (Lipinski definition) is 0. The van der Waals surface area contributed by atoms with Gasteiger partial charge in [-0.2, -0.15) is 0 Å². The van der Waals surface area contributed by atoms with Crippen LogP contribution in [-0.4, -0.2) is 12.4 Å². The second-order valence-corrected chi connectivity index (χ2v) is 5.42. The highest BCUT2D eigenvalue weighted by molar-refractivity contribution is 7.99. The maximum absolute atomic E-state index is 13.6. The van der Waals surface area contributed by atoms with E-state index in [4.69, 9.17) is 4.74 Å². The molecule has 3 rings (SSSR count). The average Bonchev–Trinajstić information content (AvgIpc) is 2.43. The summed E-state index contributed by atoms with van der Waals surface area (Å²) in [4.78, 5) is 12.2. The van der Waals surface area contributed by atoms with Crippen molar-refractivity contribution in [2.24, 2.45) is 0 Å². The monoisotopic (exact) mass is 292 g/mol. The van der Waals surface area contributed by atoms with Crippen LogP contribution in [-0.2, 0) is 0 Å². The van der Waals surface area contributed by atoms with E-state index in [1.165, 1.54) is 18.2 Å². The maximum atomic E-state index is 13.6. The second kappa shape index (κ2) is 5.25. The lowest BCUT2D eigenvalue weighted by molar-refractivity contribution is 0.0933. The van der Waals surface area contributed by atoms with Crippen molar-refractivity contribution in [2.75, 3.05) is 6.61 Å². The summed E-state index contributed by atoms with van der Waals surface area (Å²) in [5, 5.41) is 0. The number of ketones is 1. The second-order valence-electron chi connectivity index (χ2n) is 4.33. The Bertz CT molecular complexity index is 665. The van der Waals surface area contributed by atoms with E-state index in [0.29, 0.717) is 29.2 Å². The largest absolute Gasteiger partial charge is 0.492 e. The minimum absolute atomic E-state index is 0.0277. The van der Waals surface area contributed by atoms with E-state index in [0.717, 1.165) is 11.8 Å². The van der Waals surface area contributed by atoms with E-state index in [1.54, 1.807) is 18.2 Å². The molecule has 0 fully saturated rings. The Morgan fingerprint density at radius 2 is 1.85 bits per heavy atom. The molecule has 0 saturated heterocycles. The van der Waals surface area contributed by atoms with Crippen LogP contribution >= 0.6 is 11.8 Å². The van der Waals surface area contributed by atoms with Crippen LogP contribution in [0.3, 0.4) is 0 Å². The Hall–Kier alpha value is -1.88. The van der Waals surface area contributed by atoms with Gasteiger partial charge in [0.15, 0.2) is 5.78 Å². The van der Waals surface area contributed by atoms with Crippen LogP contribution in [0.15, 0.2) is 46.2 Å². The van der Waals surface area contributed by atoms with Crippen molar-refractivity contribution in [3.8, 4) is 5.75 Å².